The van der Waals surface area contributed by atoms with Gasteiger partial charge in [0.2, 0.25) is 5.91 Å². The van der Waals surface area contributed by atoms with Gasteiger partial charge in [0.1, 0.15) is 0 Å². The van der Waals surface area contributed by atoms with Crippen LogP contribution < -0.4 is 4.90 Å². The zero-order valence-corrected chi connectivity index (χ0v) is 17.3. The molecule has 2 amide bonds. The Balaban J connectivity index is 1.39. The van der Waals surface area contributed by atoms with E-state index in [0.29, 0.717) is 18.5 Å². The van der Waals surface area contributed by atoms with Crippen molar-refractivity contribution in [1.82, 2.24) is 9.80 Å². The molecular weight excluding hydrogens is 386 g/mol. The van der Waals surface area contributed by atoms with Gasteiger partial charge in [-0.05, 0) is 48.7 Å². The number of amides is 2. The average Bonchev–Trinajstić information content (AvgIpc) is 3.03. The molecule has 5 nitrogen and oxygen atoms in total. The Hall–Kier alpha value is -2.37. The minimum absolute atomic E-state index is 0.0480. The van der Waals surface area contributed by atoms with Gasteiger partial charge in [0.05, 0.1) is 0 Å². The van der Waals surface area contributed by atoms with Crippen LogP contribution in [0.1, 0.15) is 35.2 Å². The Morgan fingerprint density at radius 1 is 0.931 bits per heavy atom. The summed E-state index contributed by atoms with van der Waals surface area (Å²) in [5, 5.41) is 0.749. The first-order chi connectivity index (χ1) is 14.1. The van der Waals surface area contributed by atoms with Gasteiger partial charge in [-0.15, -0.1) is 0 Å². The van der Waals surface area contributed by atoms with Crippen LogP contribution in [0.3, 0.4) is 0 Å². The summed E-state index contributed by atoms with van der Waals surface area (Å²) in [7, 11) is 0. The maximum Gasteiger partial charge on any atom is 0.253 e. The predicted molar refractivity (Wildman–Crippen MR) is 115 cm³/mol. The van der Waals surface area contributed by atoms with Crippen molar-refractivity contribution < 1.29 is 9.59 Å². The number of hydrogen-bond acceptors (Lipinski definition) is 3. The number of carbonyl (C=O) groups is 2. The molecule has 0 atom stereocenters. The highest BCUT2D eigenvalue weighted by atomic mass is 35.5. The van der Waals surface area contributed by atoms with Gasteiger partial charge in [-0.25, -0.2) is 0 Å². The number of halogens is 1. The molecule has 2 heterocycles. The van der Waals surface area contributed by atoms with Gasteiger partial charge in [0, 0.05) is 62.0 Å². The quantitative estimate of drug-likeness (QED) is 0.768. The van der Waals surface area contributed by atoms with Crippen molar-refractivity contribution in [2.24, 2.45) is 0 Å². The highest BCUT2D eigenvalue weighted by Gasteiger charge is 2.24. The van der Waals surface area contributed by atoms with Crippen LogP contribution in [0.2, 0.25) is 5.02 Å². The van der Waals surface area contributed by atoms with Gasteiger partial charge in [-0.3, -0.25) is 14.5 Å². The first kappa shape index (κ1) is 19.9. The third-order valence-electron chi connectivity index (χ3n) is 5.67. The molecule has 0 bridgehead atoms. The molecule has 0 N–H and O–H groups in total. The Labute approximate surface area is 176 Å². The second kappa shape index (κ2) is 8.97. The van der Waals surface area contributed by atoms with Crippen molar-refractivity contribution in [2.75, 3.05) is 37.6 Å². The molecule has 0 aromatic heterocycles. The van der Waals surface area contributed by atoms with Gasteiger partial charge in [-0.2, -0.15) is 0 Å². The second-order valence-electron chi connectivity index (χ2n) is 7.75. The molecule has 2 aromatic carbocycles. The van der Waals surface area contributed by atoms with Crippen molar-refractivity contribution in [1.29, 1.82) is 0 Å². The fourth-order valence-corrected chi connectivity index (χ4v) is 4.22. The molecule has 4 rings (SSSR count). The van der Waals surface area contributed by atoms with Crippen molar-refractivity contribution in [2.45, 2.75) is 25.8 Å². The summed E-state index contributed by atoms with van der Waals surface area (Å²) in [6.07, 6.45) is 2.42. The first-order valence-corrected chi connectivity index (χ1v) is 10.6. The summed E-state index contributed by atoms with van der Waals surface area (Å²) in [5.41, 5.74) is 2.73. The van der Waals surface area contributed by atoms with Crippen LogP contribution in [-0.2, 0) is 11.3 Å². The number of benzene rings is 2. The number of anilines is 1. The highest BCUT2D eigenvalue weighted by Crippen LogP contribution is 2.23. The van der Waals surface area contributed by atoms with E-state index in [0.717, 1.165) is 56.3 Å². The highest BCUT2D eigenvalue weighted by molar-refractivity contribution is 6.30. The third-order valence-corrected chi connectivity index (χ3v) is 5.93. The molecule has 0 aliphatic carbocycles. The SMILES string of the molecule is O=C(c1cccc(N2CCCC2=O)c1)N1CCCN(Cc2ccc(Cl)cc2)CC1. The lowest BCUT2D eigenvalue weighted by Crippen LogP contribution is -2.35. The Morgan fingerprint density at radius 3 is 2.52 bits per heavy atom. The smallest absolute Gasteiger partial charge is 0.253 e. The van der Waals surface area contributed by atoms with Crippen LogP contribution in [0.4, 0.5) is 5.69 Å². The molecule has 2 aliphatic heterocycles. The van der Waals surface area contributed by atoms with Crippen molar-refractivity contribution >= 4 is 29.1 Å². The molecule has 0 spiro atoms. The molecule has 0 radical (unpaired) electrons. The zero-order valence-electron chi connectivity index (χ0n) is 16.5. The van der Waals surface area contributed by atoms with Crippen LogP contribution in [0.25, 0.3) is 0 Å². The summed E-state index contributed by atoms with van der Waals surface area (Å²) in [5.74, 6) is 0.189. The van der Waals surface area contributed by atoms with Crippen LogP contribution in [0.5, 0.6) is 0 Å². The van der Waals surface area contributed by atoms with Crippen LogP contribution in [-0.4, -0.2) is 54.3 Å². The Morgan fingerprint density at radius 2 is 1.76 bits per heavy atom. The molecule has 29 heavy (non-hydrogen) atoms. The van der Waals surface area contributed by atoms with Gasteiger partial charge >= 0.3 is 0 Å². The minimum Gasteiger partial charge on any atom is -0.337 e. The number of nitrogens with zero attached hydrogens (tertiary/aromatic N) is 3. The molecule has 2 saturated heterocycles. The number of rotatable bonds is 4. The molecule has 2 aliphatic rings. The van der Waals surface area contributed by atoms with Gasteiger partial charge in [-0.1, -0.05) is 29.8 Å². The lowest BCUT2D eigenvalue weighted by atomic mass is 10.1. The fraction of sp³-hybridized carbons (Fsp3) is 0.391. The van der Waals surface area contributed by atoms with Crippen LogP contribution in [0, 0.1) is 0 Å². The predicted octanol–water partition coefficient (Wildman–Crippen LogP) is 3.81. The molecule has 2 fully saturated rings. The minimum atomic E-state index is 0.0480. The molecule has 2 aromatic rings. The standard InChI is InChI=1S/C23H26ClN3O2/c24-20-9-7-18(8-10-20)17-25-11-3-12-26(15-14-25)23(29)19-4-1-5-21(16-19)27-13-2-6-22(27)28/h1,4-5,7-10,16H,2-3,6,11-15,17H2. The monoisotopic (exact) mass is 411 g/mol. The molecule has 0 saturated carbocycles. The number of hydrogen-bond donors (Lipinski definition) is 0. The van der Waals surface area contributed by atoms with E-state index in [4.69, 9.17) is 11.6 Å². The van der Waals surface area contributed by atoms with Gasteiger partial charge in [0.25, 0.3) is 5.91 Å². The summed E-state index contributed by atoms with van der Waals surface area (Å²) in [6, 6.07) is 15.5. The summed E-state index contributed by atoms with van der Waals surface area (Å²) in [4.78, 5) is 31.2. The van der Waals surface area contributed by atoms with E-state index in [1.807, 2.05) is 41.3 Å². The molecule has 0 unspecified atom stereocenters. The van der Waals surface area contributed by atoms with Crippen molar-refractivity contribution in [3.05, 3.63) is 64.7 Å². The Kier molecular flexibility index (Phi) is 6.16. The molecule has 152 valence electrons. The van der Waals surface area contributed by atoms with E-state index >= 15 is 0 Å². The lowest BCUT2D eigenvalue weighted by molar-refractivity contribution is -0.117. The third kappa shape index (κ3) is 4.80. The summed E-state index contributed by atoms with van der Waals surface area (Å²) in [6.45, 7) is 4.88. The lowest BCUT2D eigenvalue weighted by Gasteiger charge is -2.23. The van der Waals surface area contributed by atoms with E-state index < -0.39 is 0 Å². The first-order valence-electron chi connectivity index (χ1n) is 10.3. The topological polar surface area (TPSA) is 43.9 Å². The van der Waals surface area contributed by atoms with Gasteiger partial charge in [0.15, 0.2) is 0 Å². The van der Waals surface area contributed by atoms with E-state index in [-0.39, 0.29) is 11.8 Å². The van der Waals surface area contributed by atoms with Crippen molar-refractivity contribution in [3.63, 3.8) is 0 Å². The average molecular weight is 412 g/mol. The summed E-state index contributed by atoms with van der Waals surface area (Å²) < 4.78 is 0. The van der Waals surface area contributed by atoms with Crippen molar-refractivity contribution in [3.8, 4) is 0 Å². The van der Waals surface area contributed by atoms with E-state index in [1.165, 1.54) is 5.56 Å². The normalized spacial score (nSPS) is 18.2. The molecule has 6 heteroatoms. The number of carbonyl (C=O) groups excluding carboxylic acids is 2. The van der Waals surface area contributed by atoms with E-state index in [1.54, 1.807) is 4.90 Å². The second-order valence-corrected chi connectivity index (χ2v) is 8.18. The summed E-state index contributed by atoms with van der Waals surface area (Å²) >= 11 is 5.97. The van der Waals surface area contributed by atoms with E-state index in [2.05, 4.69) is 17.0 Å². The van der Waals surface area contributed by atoms with Gasteiger partial charge < -0.3 is 9.80 Å². The largest absolute Gasteiger partial charge is 0.337 e. The fourth-order valence-electron chi connectivity index (χ4n) is 4.09. The van der Waals surface area contributed by atoms with Crippen LogP contribution >= 0.6 is 11.6 Å². The van der Waals surface area contributed by atoms with E-state index in [9.17, 15) is 9.59 Å². The van der Waals surface area contributed by atoms with Crippen LogP contribution in [0.15, 0.2) is 48.5 Å². The maximum atomic E-state index is 13.1. The Bertz CT molecular complexity index is 884. The maximum absolute atomic E-state index is 13.1. The zero-order chi connectivity index (χ0) is 20.2. The molecular formula is C23H26ClN3O2.